The highest BCUT2D eigenvalue weighted by Crippen LogP contribution is 2.27. The van der Waals surface area contributed by atoms with Gasteiger partial charge in [0.05, 0.1) is 11.1 Å². The van der Waals surface area contributed by atoms with Gasteiger partial charge in [0, 0.05) is 18.9 Å². The highest BCUT2D eigenvalue weighted by molar-refractivity contribution is 5.96. The Bertz CT molecular complexity index is 470. The molecule has 1 aliphatic rings. The molecule has 1 aliphatic carbocycles. The number of nitrogens with zero attached hydrogens (tertiary/aromatic N) is 1. The number of aliphatic hydroxyl groups is 1. The zero-order valence-corrected chi connectivity index (χ0v) is 9.44. The van der Waals surface area contributed by atoms with E-state index in [0.717, 1.165) is 6.54 Å². The topological polar surface area (TPSA) is 62.2 Å². The lowest BCUT2D eigenvalue weighted by molar-refractivity contribution is 0.0951. The number of nitrogens with one attached hydrogen (secondary N) is 1. The fourth-order valence-corrected chi connectivity index (χ4v) is 1.48. The minimum atomic E-state index is -0.224. The average Bonchev–Trinajstić information content (AvgIpc) is 3.18. The molecule has 4 heteroatoms. The summed E-state index contributed by atoms with van der Waals surface area (Å²) in [5.74, 6) is 5.77. The van der Waals surface area contributed by atoms with E-state index in [1.165, 1.54) is 19.0 Å². The predicted octanol–water partition coefficient (Wildman–Crippen LogP) is 0.565. The highest BCUT2D eigenvalue weighted by atomic mass is 16.2. The summed E-state index contributed by atoms with van der Waals surface area (Å²) in [6, 6.07) is 1.64. The van der Waals surface area contributed by atoms with Crippen LogP contribution in [0.1, 0.15) is 28.8 Å². The first-order chi connectivity index (χ1) is 8.31. The lowest BCUT2D eigenvalue weighted by atomic mass is 10.1. The Morgan fingerprint density at radius 1 is 1.59 bits per heavy atom. The molecule has 0 unspecified atom stereocenters. The van der Waals surface area contributed by atoms with E-state index in [9.17, 15) is 4.79 Å². The van der Waals surface area contributed by atoms with E-state index in [-0.39, 0.29) is 12.5 Å². The predicted molar refractivity (Wildman–Crippen MR) is 63.3 cm³/mol. The van der Waals surface area contributed by atoms with E-state index in [1.807, 2.05) is 0 Å². The molecular formula is C13H14N2O2. The van der Waals surface area contributed by atoms with Gasteiger partial charge in [0.15, 0.2) is 0 Å². The summed E-state index contributed by atoms with van der Waals surface area (Å²) in [7, 11) is 0. The smallest absolute Gasteiger partial charge is 0.252 e. The second kappa shape index (κ2) is 5.46. The first-order valence-corrected chi connectivity index (χ1v) is 5.63. The first-order valence-electron chi connectivity index (χ1n) is 5.63. The second-order valence-corrected chi connectivity index (χ2v) is 4.03. The molecule has 1 aromatic heterocycles. The summed E-state index contributed by atoms with van der Waals surface area (Å²) in [6.45, 7) is 0.506. The number of carbonyl (C=O) groups excluding carboxylic acids is 1. The van der Waals surface area contributed by atoms with Crippen molar-refractivity contribution in [3.05, 3.63) is 29.6 Å². The van der Waals surface area contributed by atoms with Gasteiger partial charge in [0.2, 0.25) is 0 Å². The molecule has 2 rings (SSSR count). The van der Waals surface area contributed by atoms with Gasteiger partial charge in [0.25, 0.3) is 5.91 Å². The van der Waals surface area contributed by atoms with E-state index < -0.39 is 0 Å². The van der Waals surface area contributed by atoms with Crippen molar-refractivity contribution in [1.29, 1.82) is 0 Å². The van der Waals surface area contributed by atoms with Gasteiger partial charge in [-0.3, -0.25) is 9.78 Å². The van der Waals surface area contributed by atoms with Crippen molar-refractivity contribution in [3.8, 4) is 11.8 Å². The molecule has 1 aromatic rings. The molecule has 0 spiro atoms. The summed E-state index contributed by atoms with van der Waals surface area (Å²) in [6.07, 6.45) is 5.51. The molecule has 0 bridgehead atoms. The number of pyridine rings is 1. The zero-order valence-electron chi connectivity index (χ0n) is 9.44. The normalized spacial score (nSPS) is 13.7. The van der Waals surface area contributed by atoms with E-state index in [0.29, 0.717) is 17.0 Å². The van der Waals surface area contributed by atoms with Crippen molar-refractivity contribution >= 4 is 5.91 Å². The Hall–Kier alpha value is -1.86. The molecule has 0 aliphatic heterocycles. The number of rotatable bonds is 3. The van der Waals surface area contributed by atoms with E-state index in [1.54, 1.807) is 12.3 Å². The standard InChI is InChI=1S/C13H14N2O2/c16-7-1-2-11-9-14-6-5-12(11)13(17)15-8-10-3-4-10/h5-6,9-10,16H,3-4,7-8H2,(H,15,17). The number of amides is 1. The van der Waals surface area contributed by atoms with Crippen LogP contribution in [0.15, 0.2) is 18.5 Å². The Morgan fingerprint density at radius 3 is 3.12 bits per heavy atom. The molecule has 88 valence electrons. The largest absolute Gasteiger partial charge is 0.384 e. The lowest BCUT2D eigenvalue weighted by Crippen LogP contribution is -2.26. The van der Waals surface area contributed by atoms with Gasteiger partial charge >= 0.3 is 0 Å². The maximum absolute atomic E-state index is 11.9. The van der Waals surface area contributed by atoms with Gasteiger partial charge in [-0.25, -0.2) is 0 Å². The third-order valence-corrected chi connectivity index (χ3v) is 2.62. The summed E-state index contributed by atoms with van der Waals surface area (Å²) < 4.78 is 0. The quantitative estimate of drug-likeness (QED) is 0.746. The van der Waals surface area contributed by atoms with Crippen molar-refractivity contribution in [2.24, 2.45) is 5.92 Å². The molecule has 4 nitrogen and oxygen atoms in total. The van der Waals surface area contributed by atoms with Crippen LogP contribution in [0.25, 0.3) is 0 Å². The number of aromatic nitrogens is 1. The molecule has 0 atom stereocenters. The van der Waals surface area contributed by atoms with Crippen LogP contribution < -0.4 is 5.32 Å². The van der Waals surface area contributed by atoms with Crippen LogP contribution in [0.3, 0.4) is 0 Å². The second-order valence-electron chi connectivity index (χ2n) is 4.03. The maximum atomic E-state index is 11.9. The van der Waals surface area contributed by atoms with E-state index >= 15 is 0 Å². The van der Waals surface area contributed by atoms with Gasteiger partial charge in [-0.05, 0) is 24.8 Å². The molecule has 0 aromatic carbocycles. The molecule has 1 fully saturated rings. The molecule has 1 amide bonds. The van der Waals surface area contributed by atoms with Gasteiger partial charge < -0.3 is 10.4 Å². The van der Waals surface area contributed by atoms with Crippen molar-refractivity contribution in [1.82, 2.24) is 10.3 Å². The molecule has 2 N–H and O–H groups in total. The van der Waals surface area contributed by atoms with Crippen LogP contribution >= 0.6 is 0 Å². The Morgan fingerprint density at radius 2 is 2.41 bits per heavy atom. The molecular weight excluding hydrogens is 216 g/mol. The third kappa shape index (κ3) is 3.30. The highest BCUT2D eigenvalue weighted by Gasteiger charge is 2.22. The number of hydrogen-bond acceptors (Lipinski definition) is 3. The first kappa shape index (κ1) is 11.6. The summed E-state index contributed by atoms with van der Waals surface area (Å²) in [4.78, 5) is 15.8. The number of hydrogen-bond donors (Lipinski definition) is 2. The minimum absolute atomic E-state index is 0.124. The number of aliphatic hydroxyl groups excluding tert-OH is 1. The van der Waals surface area contributed by atoms with Crippen molar-refractivity contribution in [2.45, 2.75) is 12.8 Å². The fourth-order valence-electron chi connectivity index (χ4n) is 1.48. The van der Waals surface area contributed by atoms with Crippen LogP contribution in [0.4, 0.5) is 0 Å². The van der Waals surface area contributed by atoms with Crippen molar-refractivity contribution < 1.29 is 9.90 Å². The maximum Gasteiger partial charge on any atom is 0.252 e. The molecule has 0 saturated heterocycles. The summed E-state index contributed by atoms with van der Waals surface area (Å²) in [5.41, 5.74) is 1.07. The monoisotopic (exact) mass is 230 g/mol. The van der Waals surface area contributed by atoms with Gasteiger partial charge in [-0.2, -0.15) is 0 Å². The summed E-state index contributed by atoms with van der Waals surface area (Å²) in [5, 5.41) is 11.5. The SMILES string of the molecule is O=C(NCC1CC1)c1ccncc1C#CCO. The Balaban J connectivity index is 2.09. The van der Waals surface area contributed by atoms with Crippen LogP contribution in [0.5, 0.6) is 0 Å². The molecule has 17 heavy (non-hydrogen) atoms. The molecule has 0 radical (unpaired) electrons. The lowest BCUT2D eigenvalue weighted by Gasteiger charge is -2.05. The van der Waals surface area contributed by atoms with Crippen LogP contribution in [0, 0.1) is 17.8 Å². The third-order valence-electron chi connectivity index (χ3n) is 2.62. The fraction of sp³-hybridized carbons (Fsp3) is 0.385. The Labute approximate surface area is 100 Å². The zero-order chi connectivity index (χ0) is 12.1. The van der Waals surface area contributed by atoms with Crippen molar-refractivity contribution in [3.63, 3.8) is 0 Å². The Kier molecular flexibility index (Phi) is 3.73. The molecule has 1 saturated carbocycles. The van der Waals surface area contributed by atoms with Gasteiger partial charge in [0.1, 0.15) is 6.61 Å². The van der Waals surface area contributed by atoms with Crippen molar-refractivity contribution in [2.75, 3.05) is 13.2 Å². The van der Waals surface area contributed by atoms with Crippen LogP contribution in [0.2, 0.25) is 0 Å². The minimum Gasteiger partial charge on any atom is -0.384 e. The van der Waals surface area contributed by atoms with Crippen LogP contribution in [-0.4, -0.2) is 29.1 Å². The molecule has 1 heterocycles. The van der Waals surface area contributed by atoms with Crippen LogP contribution in [-0.2, 0) is 0 Å². The number of carbonyl (C=O) groups is 1. The van der Waals surface area contributed by atoms with E-state index in [4.69, 9.17) is 5.11 Å². The van der Waals surface area contributed by atoms with E-state index in [2.05, 4.69) is 22.1 Å². The van der Waals surface area contributed by atoms with Gasteiger partial charge in [-0.1, -0.05) is 11.8 Å². The van der Waals surface area contributed by atoms with Gasteiger partial charge in [-0.15, -0.1) is 0 Å². The average molecular weight is 230 g/mol. The summed E-state index contributed by atoms with van der Waals surface area (Å²) >= 11 is 0.